The summed E-state index contributed by atoms with van der Waals surface area (Å²) in [5.74, 6) is -0.266. The SMILES string of the molecule is N#Cc1cc(C2CNCCO2)c(O)cc1O. The molecule has 0 bridgehead atoms. The van der Waals surface area contributed by atoms with Crippen LogP contribution in [0.2, 0.25) is 0 Å². The van der Waals surface area contributed by atoms with E-state index in [2.05, 4.69) is 5.32 Å². The quantitative estimate of drug-likeness (QED) is 0.646. The van der Waals surface area contributed by atoms with Gasteiger partial charge in [0.1, 0.15) is 17.6 Å². The molecule has 84 valence electrons. The Morgan fingerprint density at radius 1 is 1.38 bits per heavy atom. The van der Waals surface area contributed by atoms with Gasteiger partial charge in [-0.05, 0) is 6.07 Å². The fraction of sp³-hybridized carbons (Fsp3) is 0.364. The van der Waals surface area contributed by atoms with Gasteiger partial charge in [0, 0.05) is 24.7 Å². The van der Waals surface area contributed by atoms with Crippen molar-refractivity contribution in [2.45, 2.75) is 6.10 Å². The number of nitrogens with one attached hydrogen (secondary N) is 1. The zero-order valence-electron chi connectivity index (χ0n) is 8.60. The predicted molar refractivity (Wildman–Crippen MR) is 56.0 cm³/mol. The number of hydrogen-bond donors (Lipinski definition) is 3. The Labute approximate surface area is 92.9 Å². The van der Waals surface area contributed by atoms with Crippen LogP contribution in [0.25, 0.3) is 0 Å². The van der Waals surface area contributed by atoms with Crippen LogP contribution in [0.3, 0.4) is 0 Å². The molecule has 1 unspecified atom stereocenters. The number of hydrogen-bond acceptors (Lipinski definition) is 5. The number of rotatable bonds is 1. The lowest BCUT2D eigenvalue weighted by Crippen LogP contribution is -2.33. The topological polar surface area (TPSA) is 85.5 Å². The molecule has 0 amide bonds. The highest BCUT2D eigenvalue weighted by molar-refractivity contribution is 5.51. The van der Waals surface area contributed by atoms with Gasteiger partial charge in [0.05, 0.1) is 18.3 Å². The summed E-state index contributed by atoms with van der Waals surface area (Å²) in [4.78, 5) is 0. The van der Waals surface area contributed by atoms with E-state index in [1.807, 2.05) is 6.07 Å². The van der Waals surface area contributed by atoms with E-state index in [0.29, 0.717) is 18.7 Å². The molecular formula is C11H12N2O3. The molecule has 5 nitrogen and oxygen atoms in total. The Balaban J connectivity index is 2.36. The summed E-state index contributed by atoms with van der Waals surface area (Å²) in [6, 6.07) is 4.50. The zero-order chi connectivity index (χ0) is 11.5. The van der Waals surface area contributed by atoms with Crippen molar-refractivity contribution in [1.29, 1.82) is 5.26 Å². The second-order valence-corrected chi connectivity index (χ2v) is 3.60. The fourth-order valence-electron chi connectivity index (χ4n) is 1.71. The van der Waals surface area contributed by atoms with Gasteiger partial charge in [-0.25, -0.2) is 0 Å². The van der Waals surface area contributed by atoms with Crippen LogP contribution in [-0.2, 0) is 4.74 Å². The lowest BCUT2D eigenvalue weighted by molar-refractivity contribution is 0.0263. The average molecular weight is 220 g/mol. The van der Waals surface area contributed by atoms with Crippen LogP contribution in [0.15, 0.2) is 12.1 Å². The second-order valence-electron chi connectivity index (χ2n) is 3.60. The number of nitrogens with zero attached hydrogens (tertiary/aromatic N) is 1. The minimum absolute atomic E-state index is 0.0507. The predicted octanol–water partition coefficient (Wildman–Crippen LogP) is 0.630. The smallest absolute Gasteiger partial charge is 0.137 e. The van der Waals surface area contributed by atoms with Crippen molar-refractivity contribution in [2.75, 3.05) is 19.7 Å². The van der Waals surface area contributed by atoms with E-state index in [1.54, 1.807) is 0 Å². The van der Waals surface area contributed by atoms with Crippen LogP contribution in [0.4, 0.5) is 0 Å². The number of aromatic hydroxyl groups is 2. The molecule has 1 aromatic rings. The second kappa shape index (κ2) is 4.39. The van der Waals surface area contributed by atoms with Crippen LogP contribution in [0.5, 0.6) is 11.5 Å². The summed E-state index contributed by atoms with van der Waals surface area (Å²) in [6.07, 6.45) is -0.276. The van der Waals surface area contributed by atoms with Crippen molar-refractivity contribution < 1.29 is 14.9 Å². The molecule has 1 heterocycles. The number of phenols is 2. The first-order valence-electron chi connectivity index (χ1n) is 5.00. The average Bonchev–Trinajstić information content (AvgIpc) is 2.30. The Morgan fingerprint density at radius 2 is 2.19 bits per heavy atom. The molecular weight excluding hydrogens is 208 g/mol. The molecule has 1 atom stereocenters. The first-order valence-corrected chi connectivity index (χ1v) is 5.00. The number of morpholine rings is 1. The maximum Gasteiger partial charge on any atom is 0.137 e. The Kier molecular flexibility index (Phi) is 2.95. The van der Waals surface area contributed by atoms with Crippen molar-refractivity contribution in [1.82, 2.24) is 5.32 Å². The van der Waals surface area contributed by atoms with Crippen LogP contribution < -0.4 is 5.32 Å². The van der Waals surface area contributed by atoms with Gasteiger partial charge in [0.15, 0.2) is 0 Å². The highest BCUT2D eigenvalue weighted by Crippen LogP contribution is 2.33. The van der Waals surface area contributed by atoms with Crippen LogP contribution in [-0.4, -0.2) is 29.9 Å². The van der Waals surface area contributed by atoms with Crippen molar-refractivity contribution >= 4 is 0 Å². The molecule has 3 N–H and O–H groups in total. The maximum absolute atomic E-state index is 9.69. The van der Waals surface area contributed by atoms with E-state index in [-0.39, 0.29) is 23.2 Å². The summed E-state index contributed by atoms with van der Waals surface area (Å²) in [5, 5.41) is 31.0. The van der Waals surface area contributed by atoms with E-state index in [0.717, 1.165) is 6.54 Å². The zero-order valence-corrected chi connectivity index (χ0v) is 8.60. The molecule has 1 aliphatic rings. The third kappa shape index (κ3) is 1.94. The standard InChI is InChI=1S/C11H12N2O3/c12-5-7-3-8(10(15)4-9(7)14)11-6-13-1-2-16-11/h3-4,11,13-15H,1-2,6H2. The van der Waals surface area contributed by atoms with Gasteiger partial charge in [0.2, 0.25) is 0 Å². The minimum Gasteiger partial charge on any atom is -0.507 e. The van der Waals surface area contributed by atoms with E-state index < -0.39 is 0 Å². The Bertz CT molecular complexity index is 434. The van der Waals surface area contributed by atoms with Gasteiger partial charge < -0.3 is 20.3 Å². The van der Waals surface area contributed by atoms with E-state index >= 15 is 0 Å². The molecule has 0 spiro atoms. The van der Waals surface area contributed by atoms with Crippen molar-refractivity contribution in [2.24, 2.45) is 0 Å². The molecule has 0 saturated carbocycles. The van der Waals surface area contributed by atoms with Crippen LogP contribution in [0, 0.1) is 11.3 Å². The number of ether oxygens (including phenoxy) is 1. The van der Waals surface area contributed by atoms with Crippen molar-refractivity contribution in [3.63, 3.8) is 0 Å². The van der Waals surface area contributed by atoms with Crippen LogP contribution >= 0.6 is 0 Å². The highest BCUT2D eigenvalue weighted by Gasteiger charge is 2.20. The molecule has 0 radical (unpaired) electrons. The first-order chi connectivity index (χ1) is 7.72. The van der Waals surface area contributed by atoms with Gasteiger partial charge in [-0.3, -0.25) is 0 Å². The number of phenolic OH excluding ortho intramolecular Hbond substituents is 2. The normalized spacial score (nSPS) is 20.3. The molecule has 1 fully saturated rings. The lowest BCUT2D eigenvalue weighted by Gasteiger charge is -2.24. The summed E-state index contributed by atoms with van der Waals surface area (Å²) in [6.45, 7) is 1.93. The number of benzene rings is 1. The largest absolute Gasteiger partial charge is 0.507 e. The van der Waals surface area contributed by atoms with E-state index in [9.17, 15) is 10.2 Å². The minimum atomic E-state index is -0.276. The monoisotopic (exact) mass is 220 g/mol. The highest BCUT2D eigenvalue weighted by atomic mass is 16.5. The summed E-state index contributed by atoms with van der Waals surface area (Å²) in [5.41, 5.74) is 0.670. The van der Waals surface area contributed by atoms with Crippen molar-refractivity contribution in [3.8, 4) is 17.6 Å². The van der Waals surface area contributed by atoms with Gasteiger partial charge in [-0.1, -0.05) is 0 Å². The van der Waals surface area contributed by atoms with E-state index in [1.165, 1.54) is 12.1 Å². The summed E-state index contributed by atoms with van der Waals surface area (Å²) < 4.78 is 5.47. The molecule has 16 heavy (non-hydrogen) atoms. The molecule has 0 aliphatic carbocycles. The molecule has 0 aromatic heterocycles. The van der Waals surface area contributed by atoms with Gasteiger partial charge in [-0.15, -0.1) is 0 Å². The van der Waals surface area contributed by atoms with E-state index in [4.69, 9.17) is 10.00 Å². The fourth-order valence-corrected chi connectivity index (χ4v) is 1.71. The van der Waals surface area contributed by atoms with Gasteiger partial charge in [-0.2, -0.15) is 5.26 Å². The molecule has 2 rings (SSSR count). The summed E-state index contributed by atoms with van der Waals surface area (Å²) in [7, 11) is 0. The van der Waals surface area contributed by atoms with Crippen LogP contribution in [0.1, 0.15) is 17.2 Å². The lowest BCUT2D eigenvalue weighted by atomic mass is 10.0. The summed E-state index contributed by atoms with van der Waals surface area (Å²) >= 11 is 0. The third-order valence-corrected chi connectivity index (χ3v) is 2.54. The third-order valence-electron chi connectivity index (χ3n) is 2.54. The molecule has 5 heteroatoms. The first kappa shape index (κ1) is 10.7. The molecule has 1 saturated heterocycles. The van der Waals surface area contributed by atoms with Crippen molar-refractivity contribution in [3.05, 3.63) is 23.3 Å². The van der Waals surface area contributed by atoms with Gasteiger partial charge >= 0.3 is 0 Å². The van der Waals surface area contributed by atoms with Gasteiger partial charge in [0.25, 0.3) is 0 Å². The Hall–Kier alpha value is -1.77. The molecule has 1 aromatic carbocycles. The Morgan fingerprint density at radius 3 is 2.81 bits per heavy atom. The molecule has 1 aliphatic heterocycles. The number of nitriles is 1. The maximum atomic E-state index is 9.69.